The Kier molecular flexibility index (Phi) is 7.42. The minimum atomic E-state index is -3.75. The van der Waals surface area contributed by atoms with Crippen molar-refractivity contribution in [2.45, 2.75) is 44.0 Å². The summed E-state index contributed by atoms with van der Waals surface area (Å²) in [6, 6.07) is 4.98. The summed E-state index contributed by atoms with van der Waals surface area (Å²) in [7, 11) is -2.25. The minimum Gasteiger partial charge on any atom is -0.548 e. The van der Waals surface area contributed by atoms with Gasteiger partial charge in [-0.05, 0) is 49.4 Å². The summed E-state index contributed by atoms with van der Waals surface area (Å²) in [6.45, 7) is 4.04. The molecule has 0 spiro atoms. The van der Waals surface area contributed by atoms with E-state index in [4.69, 9.17) is 4.74 Å². The summed E-state index contributed by atoms with van der Waals surface area (Å²) in [5.74, 6) is -1.77. The molecular weight excluding hydrogens is 384 g/mol. The van der Waals surface area contributed by atoms with Crippen molar-refractivity contribution < 1.29 is 27.9 Å². The predicted octanol–water partition coefficient (Wildman–Crippen LogP) is 0.377. The normalized spacial score (nSPS) is 19.2. The Morgan fingerprint density at radius 3 is 2.46 bits per heavy atom. The quantitative estimate of drug-likeness (QED) is 0.661. The van der Waals surface area contributed by atoms with E-state index in [0.717, 1.165) is 0 Å². The summed E-state index contributed by atoms with van der Waals surface area (Å²) >= 11 is 0. The molecule has 0 saturated carbocycles. The number of carbonyl (C=O) groups excluding carboxylic acids is 2. The lowest BCUT2D eigenvalue weighted by Gasteiger charge is -2.32. The van der Waals surface area contributed by atoms with Gasteiger partial charge in [-0.25, -0.2) is 8.42 Å². The molecule has 1 saturated heterocycles. The summed E-state index contributed by atoms with van der Waals surface area (Å²) in [6.07, 6.45) is 1.28. The summed E-state index contributed by atoms with van der Waals surface area (Å²) in [5.41, 5.74) is 0. The van der Waals surface area contributed by atoms with Crippen LogP contribution in [0.15, 0.2) is 29.2 Å². The van der Waals surface area contributed by atoms with Crippen molar-refractivity contribution >= 4 is 21.9 Å². The molecule has 1 aliphatic heterocycles. The van der Waals surface area contributed by atoms with Crippen molar-refractivity contribution in [2.75, 3.05) is 20.2 Å². The van der Waals surface area contributed by atoms with Crippen molar-refractivity contribution in [1.29, 1.82) is 0 Å². The molecule has 9 heteroatoms. The summed E-state index contributed by atoms with van der Waals surface area (Å²) < 4.78 is 32.1. The fourth-order valence-corrected chi connectivity index (χ4v) is 4.77. The topological polar surface area (TPSA) is 116 Å². The minimum absolute atomic E-state index is 0.0155. The lowest BCUT2D eigenvalue weighted by Crippen LogP contribution is -2.52. The third-order valence-corrected chi connectivity index (χ3v) is 6.64. The maximum atomic E-state index is 12.9. The fourth-order valence-electron chi connectivity index (χ4n) is 3.25. The Labute approximate surface area is 165 Å². The Morgan fingerprint density at radius 1 is 1.29 bits per heavy atom. The highest BCUT2D eigenvalue weighted by molar-refractivity contribution is 7.89. The van der Waals surface area contributed by atoms with Gasteiger partial charge in [-0.3, -0.25) is 4.79 Å². The molecule has 2 atom stereocenters. The monoisotopic (exact) mass is 411 g/mol. The molecule has 1 aliphatic rings. The van der Waals surface area contributed by atoms with Crippen LogP contribution in [0.25, 0.3) is 0 Å². The van der Waals surface area contributed by atoms with Crippen LogP contribution < -0.4 is 15.2 Å². The highest BCUT2D eigenvalue weighted by Gasteiger charge is 2.34. The Morgan fingerprint density at radius 2 is 1.93 bits per heavy atom. The lowest BCUT2D eigenvalue weighted by molar-refractivity contribution is -0.308. The third kappa shape index (κ3) is 5.45. The van der Waals surface area contributed by atoms with Crippen LogP contribution in [0.2, 0.25) is 0 Å². The number of piperidine rings is 1. The van der Waals surface area contributed by atoms with E-state index in [9.17, 15) is 23.1 Å². The zero-order valence-corrected chi connectivity index (χ0v) is 17.2. The molecule has 0 bridgehead atoms. The van der Waals surface area contributed by atoms with E-state index in [1.165, 1.54) is 23.5 Å². The average molecular weight is 412 g/mol. The first-order valence-electron chi connectivity index (χ1n) is 9.30. The van der Waals surface area contributed by atoms with Gasteiger partial charge >= 0.3 is 0 Å². The molecule has 1 N–H and O–H groups in total. The molecule has 1 heterocycles. The molecule has 1 aromatic rings. The Bertz CT molecular complexity index is 791. The molecule has 1 fully saturated rings. The zero-order chi connectivity index (χ0) is 20.9. The van der Waals surface area contributed by atoms with E-state index in [1.54, 1.807) is 12.1 Å². The van der Waals surface area contributed by atoms with Gasteiger partial charge in [0, 0.05) is 13.1 Å². The zero-order valence-electron chi connectivity index (χ0n) is 16.4. The number of methoxy groups -OCH3 is 1. The van der Waals surface area contributed by atoms with Crippen LogP contribution in [0.5, 0.6) is 5.75 Å². The second-order valence-electron chi connectivity index (χ2n) is 7.39. The van der Waals surface area contributed by atoms with Gasteiger partial charge in [-0.1, -0.05) is 13.8 Å². The van der Waals surface area contributed by atoms with E-state index in [1.807, 2.05) is 13.8 Å². The van der Waals surface area contributed by atoms with Crippen LogP contribution in [0.1, 0.15) is 33.1 Å². The van der Waals surface area contributed by atoms with Gasteiger partial charge in [-0.15, -0.1) is 0 Å². The number of aliphatic carboxylic acids is 1. The molecule has 1 aromatic carbocycles. The number of rotatable bonds is 8. The molecule has 0 aliphatic carbocycles. The number of nitrogens with zero attached hydrogens (tertiary/aromatic N) is 1. The smallest absolute Gasteiger partial charge is 0.243 e. The number of ether oxygens (including phenoxy) is 1. The molecule has 0 unspecified atom stereocenters. The molecule has 8 nitrogen and oxygen atoms in total. The van der Waals surface area contributed by atoms with E-state index in [-0.39, 0.29) is 23.8 Å². The molecule has 0 aromatic heterocycles. The summed E-state index contributed by atoms with van der Waals surface area (Å²) in [4.78, 5) is 23.9. The second-order valence-corrected chi connectivity index (χ2v) is 9.33. The van der Waals surface area contributed by atoms with Gasteiger partial charge < -0.3 is 20.0 Å². The van der Waals surface area contributed by atoms with Crippen LogP contribution in [-0.4, -0.2) is 50.8 Å². The molecule has 1 amide bonds. The number of benzene rings is 1. The molecule has 28 heavy (non-hydrogen) atoms. The average Bonchev–Trinajstić information content (AvgIpc) is 2.67. The van der Waals surface area contributed by atoms with Crippen molar-refractivity contribution in [3.05, 3.63) is 24.3 Å². The van der Waals surface area contributed by atoms with Gasteiger partial charge in [0.25, 0.3) is 0 Å². The SMILES string of the molecule is COc1ccc(S(=O)(=O)N2CCC[C@H](C(=O)N[C@@H](CC(C)C)C(=O)[O-])C2)cc1. The number of sulfonamides is 1. The molecule has 0 radical (unpaired) electrons. The van der Waals surface area contributed by atoms with Gasteiger partial charge in [0.2, 0.25) is 15.9 Å². The van der Waals surface area contributed by atoms with E-state index in [2.05, 4.69) is 5.32 Å². The molecule has 156 valence electrons. The van der Waals surface area contributed by atoms with Crippen LogP contribution in [0.4, 0.5) is 0 Å². The van der Waals surface area contributed by atoms with Crippen molar-refractivity contribution in [3.8, 4) is 5.75 Å². The Balaban J connectivity index is 2.09. The number of nitrogens with one attached hydrogen (secondary N) is 1. The molecular formula is C19H27N2O6S-. The van der Waals surface area contributed by atoms with Gasteiger partial charge in [0.1, 0.15) is 5.75 Å². The van der Waals surface area contributed by atoms with E-state index in [0.29, 0.717) is 25.1 Å². The van der Waals surface area contributed by atoms with Gasteiger partial charge in [-0.2, -0.15) is 4.31 Å². The predicted molar refractivity (Wildman–Crippen MR) is 101 cm³/mol. The maximum absolute atomic E-state index is 12.9. The summed E-state index contributed by atoms with van der Waals surface area (Å²) in [5, 5.41) is 13.8. The third-order valence-electron chi connectivity index (χ3n) is 4.76. The number of hydrogen-bond donors (Lipinski definition) is 1. The van der Waals surface area contributed by atoms with Crippen LogP contribution in [0, 0.1) is 11.8 Å². The van der Waals surface area contributed by atoms with Crippen molar-refractivity contribution in [3.63, 3.8) is 0 Å². The molecule has 2 rings (SSSR count). The number of amides is 1. The highest BCUT2D eigenvalue weighted by Crippen LogP contribution is 2.25. The highest BCUT2D eigenvalue weighted by atomic mass is 32.2. The van der Waals surface area contributed by atoms with E-state index < -0.39 is 33.9 Å². The van der Waals surface area contributed by atoms with Gasteiger partial charge in [0.15, 0.2) is 0 Å². The Hall–Kier alpha value is -2.13. The van der Waals surface area contributed by atoms with Crippen molar-refractivity contribution in [2.24, 2.45) is 11.8 Å². The number of carboxylic acids is 1. The van der Waals surface area contributed by atoms with Gasteiger partial charge in [0.05, 0.1) is 29.9 Å². The van der Waals surface area contributed by atoms with Crippen LogP contribution in [-0.2, 0) is 19.6 Å². The lowest BCUT2D eigenvalue weighted by atomic mass is 9.97. The first kappa shape index (κ1) is 22.2. The number of hydrogen-bond acceptors (Lipinski definition) is 6. The largest absolute Gasteiger partial charge is 0.548 e. The standard InChI is InChI=1S/C19H28N2O6S/c1-13(2)11-17(19(23)24)20-18(22)14-5-4-10-21(12-14)28(25,26)16-8-6-15(27-3)7-9-16/h6-9,13-14,17H,4-5,10-12H2,1-3H3,(H,20,22)(H,23,24)/p-1/t14-,17-/m0/s1. The van der Waals surface area contributed by atoms with Crippen LogP contribution in [0.3, 0.4) is 0 Å². The fraction of sp³-hybridized carbons (Fsp3) is 0.579. The first-order valence-corrected chi connectivity index (χ1v) is 10.7. The number of carboxylic acid groups (broad SMARTS) is 1. The number of carbonyl (C=O) groups is 2. The maximum Gasteiger partial charge on any atom is 0.243 e. The van der Waals surface area contributed by atoms with Crippen LogP contribution >= 0.6 is 0 Å². The second kappa shape index (κ2) is 9.38. The van der Waals surface area contributed by atoms with E-state index >= 15 is 0 Å². The van der Waals surface area contributed by atoms with Crippen molar-refractivity contribution in [1.82, 2.24) is 9.62 Å². The first-order chi connectivity index (χ1) is 13.1.